The molecule has 0 saturated carbocycles. The highest BCUT2D eigenvalue weighted by Gasteiger charge is 2.14. The molecule has 0 saturated heterocycles. The van der Waals surface area contributed by atoms with Crippen molar-refractivity contribution in [3.63, 3.8) is 0 Å². The summed E-state index contributed by atoms with van der Waals surface area (Å²) < 4.78 is 17.4. The van der Waals surface area contributed by atoms with Gasteiger partial charge in [-0.25, -0.2) is 4.98 Å². The third-order valence-corrected chi connectivity index (χ3v) is 5.37. The molecule has 30 heavy (non-hydrogen) atoms. The number of aromatic nitrogens is 1. The van der Waals surface area contributed by atoms with Crippen molar-refractivity contribution in [2.45, 2.75) is 6.61 Å². The lowest BCUT2D eigenvalue weighted by Gasteiger charge is -2.08. The van der Waals surface area contributed by atoms with E-state index in [4.69, 9.17) is 14.2 Å². The number of hydrogen-bond acceptors (Lipinski definition) is 6. The number of rotatable bonds is 7. The lowest BCUT2D eigenvalue weighted by Crippen LogP contribution is -2.11. The molecule has 3 aromatic carbocycles. The van der Waals surface area contributed by atoms with Gasteiger partial charge < -0.3 is 14.2 Å². The van der Waals surface area contributed by atoms with Gasteiger partial charge in [-0.2, -0.15) is 0 Å². The van der Waals surface area contributed by atoms with Crippen LogP contribution in [0.3, 0.4) is 0 Å². The molecule has 152 valence electrons. The summed E-state index contributed by atoms with van der Waals surface area (Å²) >= 11 is 1.36. The molecule has 0 unspecified atom stereocenters. The van der Waals surface area contributed by atoms with E-state index in [2.05, 4.69) is 10.3 Å². The van der Waals surface area contributed by atoms with Gasteiger partial charge in [-0.1, -0.05) is 47.7 Å². The van der Waals surface area contributed by atoms with Gasteiger partial charge >= 0.3 is 0 Å². The second-order valence-corrected chi connectivity index (χ2v) is 7.48. The standard InChI is InChI=1S/C23H20N2O4S/c1-27-18-12-19(28-2)21-20(13-18)30-23(24-21)25-22(26)16-9-6-10-17(11-16)29-14-15-7-4-3-5-8-15/h3-13H,14H2,1-2H3,(H,24,25,26). The molecule has 0 aliphatic rings. The van der Waals surface area contributed by atoms with Crippen LogP contribution in [0.25, 0.3) is 10.2 Å². The van der Waals surface area contributed by atoms with Crippen LogP contribution in [0, 0.1) is 0 Å². The highest BCUT2D eigenvalue weighted by atomic mass is 32.1. The van der Waals surface area contributed by atoms with Crippen molar-refractivity contribution in [1.82, 2.24) is 4.98 Å². The molecule has 0 aliphatic carbocycles. The molecule has 7 heteroatoms. The first kappa shape index (κ1) is 19.7. The summed E-state index contributed by atoms with van der Waals surface area (Å²) in [6.07, 6.45) is 0. The Morgan fingerprint density at radius 1 is 0.967 bits per heavy atom. The van der Waals surface area contributed by atoms with Crippen molar-refractivity contribution in [2.75, 3.05) is 19.5 Å². The van der Waals surface area contributed by atoms with Gasteiger partial charge in [-0.3, -0.25) is 10.1 Å². The molecule has 1 amide bonds. The van der Waals surface area contributed by atoms with E-state index in [1.807, 2.05) is 42.5 Å². The summed E-state index contributed by atoms with van der Waals surface area (Å²) in [5, 5.41) is 3.34. The fourth-order valence-corrected chi connectivity index (χ4v) is 3.85. The average Bonchev–Trinajstić information content (AvgIpc) is 3.20. The number of carbonyl (C=O) groups is 1. The summed E-state index contributed by atoms with van der Waals surface area (Å²) in [6, 6.07) is 20.6. The first-order valence-electron chi connectivity index (χ1n) is 9.27. The Morgan fingerprint density at radius 3 is 2.57 bits per heavy atom. The number of thiazole rings is 1. The number of benzene rings is 3. The maximum atomic E-state index is 12.7. The van der Waals surface area contributed by atoms with Crippen LogP contribution in [0.5, 0.6) is 17.2 Å². The predicted molar refractivity (Wildman–Crippen MR) is 118 cm³/mol. The van der Waals surface area contributed by atoms with E-state index in [1.54, 1.807) is 38.5 Å². The number of nitrogens with zero attached hydrogens (tertiary/aromatic N) is 1. The summed E-state index contributed by atoms with van der Waals surface area (Å²) in [5.74, 6) is 1.63. The summed E-state index contributed by atoms with van der Waals surface area (Å²) in [6.45, 7) is 0.436. The molecular formula is C23H20N2O4S. The molecule has 6 nitrogen and oxygen atoms in total. The first-order chi connectivity index (χ1) is 14.7. The fourth-order valence-electron chi connectivity index (χ4n) is 2.94. The van der Waals surface area contributed by atoms with Crippen molar-refractivity contribution in [3.8, 4) is 17.2 Å². The van der Waals surface area contributed by atoms with Gasteiger partial charge in [0.1, 0.15) is 29.4 Å². The topological polar surface area (TPSA) is 69.7 Å². The maximum Gasteiger partial charge on any atom is 0.257 e. The third kappa shape index (κ3) is 4.36. The van der Waals surface area contributed by atoms with Crippen LogP contribution in [0.2, 0.25) is 0 Å². The van der Waals surface area contributed by atoms with Crippen LogP contribution in [-0.4, -0.2) is 25.1 Å². The molecule has 4 aromatic rings. The Hall–Kier alpha value is -3.58. The number of amides is 1. The average molecular weight is 420 g/mol. The Kier molecular flexibility index (Phi) is 5.81. The molecule has 0 radical (unpaired) electrons. The molecule has 0 spiro atoms. The van der Waals surface area contributed by atoms with Crippen molar-refractivity contribution < 1.29 is 19.0 Å². The van der Waals surface area contributed by atoms with E-state index in [9.17, 15) is 4.79 Å². The number of methoxy groups -OCH3 is 2. The van der Waals surface area contributed by atoms with Crippen molar-refractivity contribution in [2.24, 2.45) is 0 Å². The Morgan fingerprint density at radius 2 is 1.80 bits per heavy atom. The monoisotopic (exact) mass is 420 g/mol. The zero-order chi connectivity index (χ0) is 20.9. The van der Waals surface area contributed by atoms with E-state index >= 15 is 0 Å². The molecule has 0 fully saturated rings. The van der Waals surface area contributed by atoms with E-state index in [0.717, 1.165) is 10.3 Å². The number of nitrogens with one attached hydrogen (secondary N) is 1. The minimum atomic E-state index is -0.259. The van der Waals surface area contributed by atoms with Gasteiger partial charge in [0, 0.05) is 11.6 Å². The number of anilines is 1. The minimum Gasteiger partial charge on any atom is -0.497 e. The number of fused-ring (bicyclic) bond motifs is 1. The van der Waals surface area contributed by atoms with Crippen LogP contribution in [-0.2, 0) is 6.61 Å². The normalized spacial score (nSPS) is 10.6. The summed E-state index contributed by atoms with van der Waals surface area (Å²) in [7, 11) is 3.17. The maximum absolute atomic E-state index is 12.7. The van der Waals surface area contributed by atoms with Gasteiger partial charge in [0.2, 0.25) is 0 Å². The van der Waals surface area contributed by atoms with E-state index in [-0.39, 0.29) is 5.91 Å². The first-order valence-corrected chi connectivity index (χ1v) is 10.1. The number of hydrogen-bond donors (Lipinski definition) is 1. The molecule has 0 bridgehead atoms. The van der Waals surface area contributed by atoms with Crippen molar-refractivity contribution in [1.29, 1.82) is 0 Å². The number of carbonyl (C=O) groups excluding carboxylic acids is 1. The second-order valence-electron chi connectivity index (χ2n) is 6.45. The zero-order valence-corrected chi connectivity index (χ0v) is 17.4. The van der Waals surface area contributed by atoms with Crippen LogP contribution < -0.4 is 19.5 Å². The highest BCUT2D eigenvalue weighted by Crippen LogP contribution is 2.36. The molecule has 0 atom stereocenters. The molecule has 1 N–H and O–H groups in total. The Labute approximate surface area is 178 Å². The Bertz CT molecular complexity index is 1170. The predicted octanol–water partition coefficient (Wildman–Crippen LogP) is 5.14. The van der Waals surface area contributed by atoms with Crippen LogP contribution in [0.15, 0.2) is 66.7 Å². The third-order valence-electron chi connectivity index (χ3n) is 4.45. The highest BCUT2D eigenvalue weighted by molar-refractivity contribution is 7.22. The van der Waals surface area contributed by atoms with E-state index in [0.29, 0.717) is 40.1 Å². The van der Waals surface area contributed by atoms with Gasteiger partial charge in [-0.05, 0) is 29.8 Å². The van der Waals surface area contributed by atoms with Crippen molar-refractivity contribution in [3.05, 3.63) is 77.9 Å². The minimum absolute atomic E-state index is 0.259. The molecule has 1 aromatic heterocycles. The van der Waals surface area contributed by atoms with Crippen LogP contribution >= 0.6 is 11.3 Å². The lowest BCUT2D eigenvalue weighted by atomic mass is 10.2. The van der Waals surface area contributed by atoms with Crippen LogP contribution in [0.4, 0.5) is 5.13 Å². The van der Waals surface area contributed by atoms with Crippen molar-refractivity contribution >= 4 is 32.6 Å². The molecular weight excluding hydrogens is 400 g/mol. The number of ether oxygens (including phenoxy) is 3. The zero-order valence-electron chi connectivity index (χ0n) is 16.5. The van der Waals surface area contributed by atoms with Gasteiger partial charge in [-0.15, -0.1) is 0 Å². The summed E-state index contributed by atoms with van der Waals surface area (Å²) in [5.41, 5.74) is 2.23. The SMILES string of the molecule is COc1cc(OC)c2nc(NC(=O)c3cccc(OCc4ccccc4)c3)sc2c1. The van der Waals surface area contributed by atoms with E-state index in [1.165, 1.54) is 11.3 Å². The van der Waals surface area contributed by atoms with E-state index < -0.39 is 0 Å². The summed E-state index contributed by atoms with van der Waals surface area (Å²) in [4.78, 5) is 17.2. The molecule has 4 rings (SSSR count). The van der Waals surface area contributed by atoms with Gasteiger partial charge in [0.25, 0.3) is 5.91 Å². The second kappa shape index (κ2) is 8.84. The van der Waals surface area contributed by atoms with Gasteiger partial charge in [0.05, 0.1) is 18.9 Å². The smallest absolute Gasteiger partial charge is 0.257 e. The Balaban J connectivity index is 1.50. The lowest BCUT2D eigenvalue weighted by molar-refractivity contribution is 0.102. The van der Waals surface area contributed by atoms with Crippen LogP contribution in [0.1, 0.15) is 15.9 Å². The molecule has 1 heterocycles. The van der Waals surface area contributed by atoms with Gasteiger partial charge in [0.15, 0.2) is 5.13 Å². The largest absolute Gasteiger partial charge is 0.497 e. The fraction of sp³-hybridized carbons (Fsp3) is 0.130. The quantitative estimate of drug-likeness (QED) is 0.448. The molecule has 0 aliphatic heterocycles.